The number of aliphatic imine (C=N–C) groups is 2. The first-order valence-corrected chi connectivity index (χ1v) is 6.59. The predicted octanol–water partition coefficient (Wildman–Crippen LogP) is 1.65. The van der Waals surface area contributed by atoms with Crippen molar-refractivity contribution >= 4 is 12.4 Å². The van der Waals surface area contributed by atoms with Gasteiger partial charge in [0.15, 0.2) is 22.8 Å². The first-order valence-electron chi connectivity index (χ1n) is 6.59. The fraction of sp³-hybridized carbons (Fsp3) is 0.125. The van der Waals surface area contributed by atoms with Crippen LogP contribution in [0.25, 0.3) is 0 Å². The van der Waals surface area contributed by atoms with Crippen LogP contribution in [0.5, 0.6) is 0 Å². The highest BCUT2D eigenvalue weighted by Gasteiger charge is 2.05. The highest BCUT2D eigenvalue weighted by atomic mass is 14.9. The molecule has 0 bridgehead atoms. The molecule has 116 valence electrons. The van der Waals surface area contributed by atoms with Crippen molar-refractivity contribution in [1.29, 1.82) is 21.0 Å². The average molecular weight is 316 g/mol. The van der Waals surface area contributed by atoms with E-state index < -0.39 is 0 Å². The molecule has 1 heterocycles. The van der Waals surface area contributed by atoms with Crippen molar-refractivity contribution in [3.05, 3.63) is 46.3 Å². The smallest absolute Gasteiger partial charge is 0.174 e. The highest BCUT2D eigenvalue weighted by Crippen LogP contribution is 2.06. The molecule has 1 rings (SSSR count). The third-order valence-electron chi connectivity index (χ3n) is 2.59. The molecule has 0 radical (unpaired) electrons. The van der Waals surface area contributed by atoms with Crippen molar-refractivity contribution in [1.82, 2.24) is 10.6 Å². The quantitative estimate of drug-likeness (QED) is 0.695. The zero-order valence-corrected chi connectivity index (χ0v) is 13.0. The summed E-state index contributed by atoms with van der Waals surface area (Å²) in [5, 5.41) is 41.8. The summed E-state index contributed by atoms with van der Waals surface area (Å²) in [6.07, 6.45) is 5.60. The first kappa shape index (κ1) is 17.9. The molecular weight excluding hydrogens is 304 g/mol. The van der Waals surface area contributed by atoms with Crippen LogP contribution in [0.1, 0.15) is 13.8 Å². The van der Waals surface area contributed by atoms with Crippen LogP contribution in [-0.4, -0.2) is 12.4 Å². The van der Waals surface area contributed by atoms with Gasteiger partial charge < -0.3 is 10.6 Å². The largest absolute Gasteiger partial charge is 0.350 e. The minimum atomic E-state index is -0.0861. The first-order chi connectivity index (χ1) is 11.5. The summed E-state index contributed by atoms with van der Waals surface area (Å²) in [5.74, 6) is 0. The van der Waals surface area contributed by atoms with E-state index in [1.54, 1.807) is 13.8 Å². The lowest BCUT2D eigenvalue weighted by atomic mass is 10.3. The number of hydrogen-bond donors (Lipinski definition) is 2. The Labute approximate surface area is 139 Å². The Balaban J connectivity index is 3.48. The fourth-order valence-corrected chi connectivity index (χ4v) is 1.39. The van der Waals surface area contributed by atoms with Gasteiger partial charge in [-0.2, -0.15) is 21.0 Å². The summed E-state index contributed by atoms with van der Waals surface area (Å²) < 4.78 is 0. The van der Waals surface area contributed by atoms with Gasteiger partial charge in [0, 0.05) is 24.8 Å². The molecule has 2 N–H and O–H groups in total. The summed E-state index contributed by atoms with van der Waals surface area (Å²) in [7, 11) is 0. The van der Waals surface area contributed by atoms with Gasteiger partial charge in [-0.3, -0.25) is 0 Å². The van der Waals surface area contributed by atoms with E-state index in [2.05, 4.69) is 20.6 Å². The summed E-state index contributed by atoms with van der Waals surface area (Å²) in [4.78, 5) is 7.90. The van der Waals surface area contributed by atoms with Crippen molar-refractivity contribution in [2.75, 3.05) is 0 Å². The highest BCUT2D eigenvalue weighted by molar-refractivity contribution is 5.80. The Bertz CT molecular complexity index is 793. The second-order valence-corrected chi connectivity index (χ2v) is 4.48. The molecule has 1 aliphatic rings. The molecule has 8 nitrogen and oxygen atoms in total. The molecule has 0 saturated carbocycles. The molecule has 0 aliphatic carbocycles. The molecule has 1 aliphatic heterocycles. The minimum absolute atomic E-state index is 0.0203. The van der Waals surface area contributed by atoms with Gasteiger partial charge in [-0.1, -0.05) is 0 Å². The summed E-state index contributed by atoms with van der Waals surface area (Å²) in [6.45, 7) is 3.34. The van der Waals surface area contributed by atoms with Crippen molar-refractivity contribution in [2.24, 2.45) is 9.98 Å². The molecule has 0 aromatic rings. The molecule has 24 heavy (non-hydrogen) atoms. The third-order valence-corrected chi connectivity index (χ3v) is 2.59. The SMILES string of the molecule is CC1=C\N/C(C#N)=C(C#N)/N=C/C(C)=C/N/C(C#N)=C(C#N)/N=C\1. The van der Waals surface area contributed by atoms with Gasteiger partial charge >= 0.3 is 0 Å². The fourth-order valence-electron chi connectivity index (χ4n) is 1.39. The van der Waals surface area contributed by atoms with Gasteiger partial charge in [0.05, 0.1) is 0 Å². The van der Waals surface area contributed by atoms with Gasteiger partial charge in [0.1, 0.15) is 24.3 Å². The van der Waals surface area contributed by atoms with Crippen LogP contribution in [0, 0.1) is 45.3 Å². The van der Waals surface area contributed by atoms with Gasteiger partial charge in [-0.15, -0.1) is 0 Å². The average Bonchev–Trinajstić information content (AvgIpc) is 2.59. The lowest BCUT2D eigenvalue weighted by Crippen LogP contribution is -2.09. The lowest BCUT2D eigenvalue weighted by Gasteiger charge is -2.03. The van der Waals surface area contributed by atoms with Gasteiger partial charge in [0.25, 0.3) is 0 Å². The molecule has 0 amide bonds. The lowest BCUT2D eigenvalue weighted by molar-refractivity contribution is 1.06. The summed E-state index contributed by atoms with van der Waals surface area (Å²) in [6, 6.07) is 7.40. The number of nitrogens with zero attached hydrogens (tertiary/aromatic N) is 6. The Morgan fingerprint density at radius 1 is 0.708 bits per heavy atom. The molecule has 0 saturated heterocycles. The maximum atomic E-state index is 9.13. The van der Waals surface area contributed by atoms with Crippen LogP contribution < -0.4 is 10.6 Å². The van der Waals surface area contributed by atoms with Gasteiger partial charge in [-0.25, -0.2) is 9.98 Å². The van der Waals surface area contributed by atoms with E-state index in [1.165, 1.54) is 24.8 Å². The van der Waals surface area contributed by atoms with Gasteiger partial charge in [0.2, 0.25) is 0 Å². The van der Waals surface area contributed by atoms with E-state index in [1.807, 2.05) is 24.3 Å². The van der Waals surface area contributed by atoms with Crippen LogP contribution in [0.15, 0.2) is 56.3 Å². The Hall–Kier alpha value is -4.14. The van der Waals surface area contributed by atoms with Crippen molar-refractivity contribution in [2.45, 2.75) is 13.8 Å². The van der Waals surface area contributed by atoms with E-state index >= 15 is 0 Å². The van der Waals surface area contributed by atoms with Crippen molar-refractivity contribution in [3.63, 3.8) is 0 Å². The summed E-state index contributed by atoms with van der Waals surface area (Å²) >= 11 is 0. The molecule has 0 aromatic heterocycles. The monoisotopic (exact) mass is 316 g/mol. The van der Waals surface area contributed by atoms with Crippen molar-refractivity contribution < 1.29 is 0 Å². The van der Waals surface area contributed by atoms with Crippen LogP contribution in [0.2, 0.25) is 0 Å². The predicted molar refractivity (Wildman–Crippen MR) is 87.3 cm³/mol. The molecule has 0 unspecified atom stereocenters. The van der Waals surface area contributed by atoms with Crippen LogP contribution >= 0.6 is 0 Å². The number of rotatable bonds is 0. The zero-order chi connectivity index (χ0) is 17.9. The van der Waals surface area contributed by atoms with E-state index in [0.717, 1.165) is 0 Å². The zero-order valence-electron chi connectivity index (χ0n) is 13.0. The maximum absolute atomic E-state index is 9.13. The van der Waals surface area contributed by atoms with E-state index in [0.29, 0.717) is 11.1 Å². The molecule has 0 fully saturated rings. The van der Waals surface area contributed by atoms with E-state index in [4.69, 9.17) is 21.0 Å². The second-order valence-electron chi connectivity index (χ2n) is 4.48. The van der Waals surface area contributed by atoms with Crippen LogP contribution in [0.4, 0.5) is 0 Å². The maximum Gasteiger partial charge on any atom is 0.174 e. The molecule has 8 heteroatoms. The number of hydrogen-bond acceptors (Lipinski definition) is 8. The third kappa shape index (κ3) is 5.00. The van der Waals surface area contributed by atoms with Crippen molar-refractivity contribution in [3.8, 4) is 24.3 Å². The second kappa shape index (κ2) is 9.00. The van der Waals surface area contributed by atoms with Gasteiger partial charge in [-0.05, 0) is 25.0 Å². The van der Waals surface area contributed by atoms with Crippen LogP contribution in [-0.2, 0) is 0 Å². The number of nitriles is 4. The number of allylic oxidation sites excluding steroid dienone is 6. The summed E-state index contributed by atoms with van der Waals surface area (Å²) in [5.41, 5.74) is 0.922. The molecular formula is C16H12N8. The van der Waals surface area contributed by atoms with Crippen LogP contribution in [0.3, 0.4) is 0 Å². The Morgan fingerprint density at radius 2 is 1.08 bits per heavy atom. The minimum Gasteiger partial charge on any atom is -0.350 e. The molecule has 0 aromatic carbocycles. The Kier molecular flexibility index (Phi) is 6.71. The molecule has 0 spiro atoms. The van der Waals surface area contributed by atoms with E-state index in [-0.39, 0.29) is 22.8 Å². The Morgan fingerprint density at radius 3 is 1.38 bits per heavy atom. The van der Waals surface area contributed by atoms with E-state index in [9.17, 15) is 0 Å². The molecule has 0 atom stereocenters. The normalized spacial score (nSPS) is 28.4. The topological polar surface area (TPSA) is 144 Å². The number of nitrogens with one attached hydrogen (secondary N) is 2. The standard InChI is InChI=1S/C16H12N8/c1-11-7-21-13(3-17)15(5-19)23-9-12(2)10-24-16(6-20)14(4-18)22-8-11/h7-10,21,24H,1-2H3/b11-7+,12-10+,15-13+,16-14+,22-8-,23-9+.